The zero-order valence-corrected chi connectivity index (χ0v) is 13.9. The number of aromatic nitrogens is 1. The van der Waals surface area contributed by atoms with Crippen LogP contribution in [0.1, 0.15) is 44.8 Å². The number of hydrogen-bond acceptors (Lipinski definition) is 2. The van der Waals surface area contributed by atoms with Gasteiger partial charge in [0.2, 0.25) is 0 Å². The number of Topliss-reactive ketones (excluding diaryl/α,β-unsaturated/α-hetero) is 2. The van der Waals surface area contributed by atoms with Crippen molar-refractivity contribution in [3.05, 3.63) is 83.0 Å². The molecule has 0 bridgehead atoms. The average molecular weight is 329 g/mol. The van der Waals surface area contributed by atoms with Crippen molar-refractivity contribution < 1.29 is 9.59 Å². The predicted octanol–water partition coefficient (Wildman–Crippen LogP) is 4.63. The Morgan fingerprint density at radius 2 is 1.60 bits per heavy atom. The zero-order chi connectivity index (χ0) is 17.2. The molecule has 3 heteroatoms. The Morgan fingerprint density at radius 1 is 0.920 bits per heavy atom. The molecule has 1 aliphatic rings. The van der Waals surface area contributed by atoms with E-state index in [2.05, 4.69) is 4.98 Å². The van der Waals surface area contributed by atoms with E-state index in [9.17, 15) is 9.59 Å². The van der Waals surface area contributed by atoms with Crippen LogP contribution in [0.15, 0.2) is 60.7 Å². The van der Waals surface area contributed by atoms with Gasteiger partial charge in [-0.05, 0) is 24.0 Å². The number of H-pyrrole nitrogens is 1. The number of carbonyl (C=O) groups is 2. The Morgan fingerprint density at radius 3 is 2.32 bits per heavy atom. The first kappa shape index (κ1) is 15.6. The molecule has 0 saturated carbocycles. The number of benzene rings is 2. The molecule has 0 unspecified atom stereocenters. The summed E-state index contributed by atoms with van der Waals surface area (Å²) >= 11 is 0. The maximum absolute atomic E-state index is 12.8. The highest BCUT2D eigenvalue weighted by Gasteiger charge is 2.27. The molecule has 0 aliphatic heterocycles. The quantitative estimate of drug-likeness (QED) is 0.710. The normalized spacial score (nSPS) is 13.5. The van der Waals surface area contributed by atoms with Gasteiger partial charge < -0.3 is 4.98 Å². The van der Waals surface area contributed by atoms with E-state index in [1.165, 1.54) is 0 Å². The van der Waals surface area contributed by atoms with Crippen LogP contribution in [0.3, 0.4) is 0 Å². The lowest BCUT2D eigenvalue weighted by atomic mass is 9.89. The second-order valence-electron chi connectivity index (χ2n) is 6.44. The number of aryl methyl sites for hydroxylation is 1. The van der Waals surface area contributed by atoms with Gasteiger partial charge >= 0.3 is 0 Å². The molecule has 124 valence electrons. The number of ketones is 2. The largest absolute Gasteiger partial charge is 0.358 e. The standard InChI is InChI=1S/C22H19NO2/c24-19-13-7-12-18-21(19)17(14-20(25)15-8-3-1-4-9-15)22(23-18)16-10-5-2-6-11-16/h1-6,8-11,23H,7,12-14H2. The maximum atomic E-state index is 12.8. The van der Waals surface area contributed by atoms with E-state index in [0.717, 1.165) is 40.9 Å². The monoisotopic (exact) mass is 329 g/mol. The topological polar surface area (TPSA) is 49.9 Å². The lowest BCUT2D eigenvalue weighted by molar-refractivity contribution is 0.0971. The van der Waals surface area contributed by atoms with Gasteiger partial charge in [-0.15, -0.1) is 0 Å². The summed E-state index contributed by atoms with van der Waals surface area (Å²) in [6, 6.07) is 19.2. The molecule has 0 fully saturated rings. The molecule has 0 saturated heterocycles. The van der Waals surface area contributed by atoms with E-state index in [1.54, 1.807) is 0 Å². The molecule has 4 rings (SSSR count). The van der Waals surface area contributed by atoms with Crippen molar-refractivity contribution in [2.24, 2.45) is 0 Å². The van der Waals surface area contributed by atoms with Crippen LogP contribution in [-0.2, 0) is 12.8 Å². The molecule has 2 aromatic carbocycles. The second kappa shape index (κ2) is 6.52. The summed E-state index contributed by atoms with van der Waals surface area (Å²) in [5, 5.41) is 0. The van der Waals surface area contributed by atoms with E-state index in [4.69, 9.17) is 0 Å². The molecule has 1 heterocycles. The van der Waals surface area contributed by atoms with Crippen LogP contribution < -0.4 is 0 Å². The lowest BCUT2D eigenvalue weighted by Crippen LogP contribution is -2.13. The zero-order valence-electron chi connectivity index (χ0n) is 13.9. The highest BCUT2D eigenvalue weighted by Crippen LogP contribution is 2.33. The van der Waals surface area contributed by atoms with Crippen LogP contribution in [0.2, 0.25) is 0 Å². The molecule has 0 atom stereocenters. The second-order valence-corrected chi connectivity index (χ2v) is 6.44. The number of aromatic amines is 1. The van der Waals surface area contributed by atoms with Gasteiger partial charge in [0, 0.05) is 29.7 Å². The summed E-state index contributed by atoms with van der Waals surface area (Å²) in [6.07, 6.45) is 2.53. The fraction of sp³-hybridized carbons (Fsp3) is 0.182. The summed E-state index contributed by atoms with van der Waals surface area (Å²) < 4.78 is 0. The van der Waals surface area contributed by atoms with Gasteiger partial charge in [-0.3, -0.25) is 9.59 Å². The first-order chi connectivity index (χ1) is 12.2. The van der Waals surface area contributed by atoms with Crippen molar-refractivity contribution in [3.63, 3.8) is 0 Å². The fourth-order valence-electron chi connectivity index (χ4n) is 3.59. The van der Waals surface area contributed by atoms with Crippen LogP contribution in [0.5, 0.6) is 0 Å². The third-order valence-electron chi connectivity index (χ3n) is 4.79. The van der Waals surface area contributed by atoms with Gasteiger partial charge in [0.05, 0.1) is 5.69 Å². The Kier molecular flexibility index (Phi) is 4.06. The summed E-state index contributed by atoms with van der Waals surface area (Å²) in [5.41, 5.74) is 5.17. The molecule has 25 heavy (non-hydrogen) atoms. The minimum absolute atomic E-state index is 0.0398. The van der Waals surface area contributed by atoms with E-state index >= 15 is 0 Å². The third-order valence-corrected chi connectivity index (χ3v) is 4.79. The first-order valence-corrected chi connectivity index (χ1v) is 8.64. The number of hydrogen-bond donors (Lipinski definition) is 1. The Bertz CT molecular complexity index is 923. The van der Waals surface area contributed by atoms with E-state index < -0.39 is 0 Å². The highest BCUT2D eigenvalue weighted by molar-refractivity contribution is 6.05. The summed E-state index contributed by atoms with van der Waals surface area (Å²) in [4.78, 5) is 28.7. The van der Waals surface area contributed by atoms with Crippen molar-refractivity contribution in [1.29, 1.82) is 0 Å². The Labute approximate surface area is 146 Å². The van der Waals surface area contributed by atoms with Gasteiger partial charge in [-0.2, -0.15) is 0 Å². The lowest BCUT2D eigenvalue weighted by Gasteiger charge is -2.12. The minimum atomic E-state index is 0.0398. The molecule has 1 N–H and O–H groups in total. The van der Waals surface area contributed by atoms with Crippen molar-refractivity contribution >= 4 is 11.6 Å². The molecule has 1 aromatic heterocycles. The number of carbonyl (C=O) groups excluding carboxylic acids is 2. The molecule has 3 nitrogen and oxygen atoms in total. The third kappa shape index (κ3) is 2.93. The summed E-state index contributed by atoms with van der Waals surface area (Å²) in [7, 11) is 0. The van der Waals surface area contributed by atoms with Gasteiger partial charge in [0.1, 0.15) is 0 Å². The van der Waals surface area contributed by atoms with Crippen LogP contribution in [0, 0.1) is 0 Å². The van der Waals surface area contributed by atoms with Crippen LogP contribution >= 0.6 is 0 Å². The molecule has 0 amide bonds. The summed E-state index contributed by atoms with van der Waals surface area (Å²) in [5.74, 6) is 0.188. The molecule has 1 aliphatic carbocycles. The Hall–Kier alpha value is -2.94. The van der Waals surface area contributed by atoms with E-state index in [-0.39, 0.29) is 18.0 Å². The first-order valence-electron chi connectivity index (χ1n) is 8.64. The van der Waals surface area contributed by atoms with Crippen LogP contribution in [-0.4, -0.2) is 16.6 Å². The van der Waals surface area contributed by atoms with Crippen LogP contribution in [0.4, 0.5) is 0 Å². The maximum Gasteiger partial charge on any atom is 0.167 e. The van der Waals surface area contributed by atoms with Crippen LogP contribution in [0.25, 0.3) is 11.3 Å². The number of fused-ring (bicyclic) bond motifs is 1. The van der Waals surface area contributed by atoms with Gasteiger partial charge in [0.15, 0.2) is 11.6 Å². The van der Waals surface area contributed by atoms with Crippen molar-refractivity contribution in [1.82, 2.24) is 4.98 Å². The average Bonchev–Trinajstić information content (AvgIpc) is 3.03. The van der Waals surface area contributed by atoms with Gasteiger partial charge in [-0.25, -0.2) is 0 Å². The smallest absolute Gasteiger partial charge is 0.167 e. The van der Waals surface area contributed by atoms with Crippen molar-refractivity contribution in [2.75, 3.05) is 0 Å². The van der Waals surface area contributed by atoms with Gasteiger partial charge in [0.25, 0.3) is 0 Å². The Balaban J connectivity index is 1.81. The summed E-state index contributed by atoms with van der Waals surface area (Å²) in [6.45, 7) is 0. The molecular weight excluding hydrogens is 310 g/mol. The van der Waals surface area contributed by atoms with Gasteiger partial charge in [-0.1, -0.05) is 60.7 Å². The molecule has 0 radical (unpaired) electrons. The highest BCUT2D eigenvalue weighted by atomic mass is 16.1. The van der Waals surface area contributed by atoms with Crippen molar-refractivity contribution in [3.8, 4) is 11.3 Å². The fourth-order valence-corrected chi connectivity index (χ4v) is 3.59. The number of rotatable bonds is 4. The van der Waals surface area contributed by atoms with Crippen molar-refractivity contribution in [2.45, 2.75) is 25.7 Å². The van der Waals surface area contributed by atoms with E-state index in [1.807, 2.05) is 60.7 Å². The molecule has 3 aromatic rings. The predicted molar refractivity (Wildman–Crippen MR) is 98.0 cm³/mol. The number of nitrogens with one attached hydrogen (secondary N) is 1. The SMILES string of the molecule is O=C(Cc1c(-c2ccccc2)[nH]c2c1C(=O)CCC2)c1ccccc1. The minimum Gasteiger partial charge on any atom is -0.358 e. The van der Waals surface area contributed by atoms with E-state index in [0.29, 0.717) is 12.0 Å². The molecular formula is C22H19NO2. The molecule has 0 spiro atoms.